The Morgan fingerprint density at radius 1 is 1.55 bits per heavy atom. The molecule has 0 aromatic carbocycles. The van der Waals surface area contributed by atoms with Gasteiger partial charge in [0.05, 0.1) is 6.10 Å². The zero-order valence-corrected chi connectivity index (χ0v) is 13.0. The molecule has 0 saturated heterocycles. The van der Waals surface area contributed by atoms with Crippen LogP contribution in [0.5, 0.6) is 5.75 Å². The fourth-order valence-corrected chi connectivity index (χ4v) is 3.31. The van der Waals surface area contributed by atoms with E-state index < -0.39 is 5.91 Å². The molecular formula is C14H23N3O2S. The topological polar surface area (TPSA) is 90.4 Å². The number of carbonyl (C=O) groups is 1. The summed E-state index contributed by atoms with van der Waals surface area (Å²) in [6.45, 7) is 6.06. The smallest absolute Gasteiger partial charge is 0.261 e. The third kappa shape index (κ3) is 3.17. The molecule has 0 spiro atoms. The van der Waals surface area contributed by atoms with Crippen LogP contribution in [0.25, 0.3) is 0 Å². The maximum absolute atomic E-state index is 11.4. The van der Waals surface area contributed by atoms with Gasteiger partial charge in [0.25, 0.3) is 5.91 Å². The molecular weight excluding hydrogens is 274 g/mol. The van der Waals surface area contributed by atoms with Crippen LogP contribution in [0.15, 0.2) is 0 Å². The number of primary amides is 1. The minimum Gasteiger partial charge on any atom is -0.486 e. The van der Waals surface area contributed by atoms with Crippen LogP contribution in [0, 0.1) is 5.92 Å². The minimum absolute atomic E-state index is 0.00109. The minimum atomic E-state index is -0.505. The van der Waals surface area contributed by atoms with E-state index in [4.69, 9.17) is 16.2 Å². The molecule has 6 heteroatoms. The Labute approximate surface area is 123 Å². The van der Waals surface area contributed by atoms with Crippen LogP contribution in [0.3, 0.4) is 0 Å². The number of anilines is 2. The number of nitrogens with one attached hydrogen (secondary N) is 1. The SMILES string of the molecule is CCCC1CC1Nc1sc(C(N)=O)c(N)c1OC(C)C. The lowest BCUT2D eigenvalue weighted by molar-refractivity contribution is 0.100. The summed E-state index contributed by atoms with van der Waals surface area (Å²) in [5, 5.41) is 4.27. The van der Waals surface area contributed by atoms with Gasteiger partial charge in [0.1, 0.15) is 15.6 Å². The van der Waals surface area contributed by atoms with Gasteiger partial charge >= 0.3 is 0 Å². The number of rotatable bonds is 7. The molecule has 20 heavy (non-hydrogen) atoms. The molecule has 1 fully saturated rings. The van der Waals surface area contributed by atoms with Crippen LogP contribution in [-0.2, 0) is 0 Å². The summed E-state index contributed by atoms with van der Waals surface area (Å²) in [4.78, 5) is 11.8. The molecule has 5 nitrogen and oxygen atoms in total. The van der Waals surface area contributed by atoms with E-state index in [9.17, 15) is 4.79 Å². The quantitative estimate of drug-likeness (QED) is 0.722. The Kier molecular flexibility index (Phi) is 4.42. The van der Waals surface area contributed by atoms with Crippen molar-refractivity contribution in [3.8, 4) is 5.75 Å². The molecule has 2 atom stereocenters. The third-order valence-electron chi connectivity index (χ3n) is 3.38. The fraction of sp³-hybridized carbons (Fsp3) is 0.643. The lowest BCUT2D eigenvalue weighted by Crippen LogP contribution is -2.12. The Hall–Kier alpha value is -1.43. The first-order valence-corrected chi connectivity index (χ1v) is 7.90. The molecule has 5 N–H and O–H groups in total. The monoisotopic (exact) mass is 297 g/mol. The molecule has 0 bridgehead atoms. The summed E-state index contributed by atoms with van der Waals surface area (Å²) in [6, 6.07) is 0.461. The number of hydrogen-bond donors (Lipinski definition) is 3. The van der Waals surface area contributed by atoms with Gasteiger partial charge in [0.2, 0.25) is 0 Å². The molecule has 1 aliphatic carbocycles. The molecule has 1 heterocycles. The Morgan fingerprint density at radius 3 is 2.80 bits per heavy atom. The summed E-state index contributed by atoms with van der Waals surface area (Å²) in [6.07, 6.45) is 3.58. The molecule has 0 radical (unpaired) electrons. The summed E-state index contributed by atoms with van der Waals surface area (Å²) in [7, 11) is 0. The number of amides is 1. The van der Waals surface area contributed by atoms with Gasteiger partial charge in [0.15, 0.2) is 5.75 Å². The molecule has 2 unspecified atom stereocenters. The molecule has 1 aromatic rings. The third-order valence-corrected chi connectivity index (χ3v) is 4.51. The first-order chi connectivity index (χ1) is 9.43. The second kappa shape index (κ2) is 5.91. The van der Waals surface area contributed by atoms with E-state index in [1.54, 1.807) is 0 Å². The van der Waals surface area contributed by atoms with E-state index in [0.29, 0.717) is 28.3 Å². The van der Waals surface area contributed by atoms with Crippen molar-refractivity contribution >= 4 is 27.9 Å². The van der Waals surface area contributed by atoms with Gasteiger partial charge in [-0.05, 0) is 32.6 Å². The van der Waals surface area contributed by atoms with Crippen molar-refractivity contribution in [1.82, 2.24) is 0 Å². The van der Waals surface area contributed by atoms with Crippen LogP contribution in [0.4, 0.5) is 10.7 Å². The van der Waals surface area contributed by atoms with E-state index >= 15 is 0 Å². The van der Waals surface area contributed by atoms with Crippen LogP contribution in [-0.4, -0.2) is 18.1 Å². The maximum Gasteiger partial charge on any atom is 0.261 e. The van der Waals surface area contributed by atoms with Crippen LogP contribution in [0.2, 0.25) is 0 Å². The zero-order chi connectivity index (χ0) is 14.9. The van der Waals surface area contributed by atoms with Crippen LogP contribution < -0.4 is 21.5 Å². The second-order valence-corrected chi connectivity index (χ2v) is 6.59. The maximum atomic E-state index is 11.4. The normalized spacial score (nSPS) is 21.0. The van der Waals surface area contributed by atoms with E-state index in [2.05, 4.69) is 12.2 Å². The lowest BCUT2D eigenvalue weighted by Gasteiger charge is -2.12. The molecule has 2 rings (SSSR count). The molecule has 1 aliphatic rings. The molecule has 0 aliphatic heterocycles. The van der Waals surface area contributed by atoms with Gasteiger partial charge in [-0.15, -0.1) is 11.3 Å². The zero-order valence-electron chi connectivity index (χ0n) is 12.2. The first kappa shape index (κ1) is 15.0. The van der Waals surface area contributed by atoms with Crippen molar-refractivity contribution in [2.45, 2.75) is 52.2 Å². The van der Waals surface area contributed by atoms with Crippen molar-refractivity contribution in [1.29, 1.82) is 0 Å². The van der Waals surface area contributed by atoms with Gasteiger partial charge in [-0.3, -0.25) is 4.79 Å². The molecule has 1 aromatic heterocycles. The van der Waals surface area contributed by atoms with Crippen molar-refractivity contribution in [2.75, 3.05) is 11.1 Å². The van der Waals surface area contributed by atoms with Gasteiger partial charge < -0.3 is 21.5 Å². The molecule has 1 amide bonds. The van der Waals surface area contributed by atoms with E-state index in [1.807, 2.05) is 13.8 Å². The van der Waals surface area contributed by atoms with Crippen molar-refractivity contribution in [3.05, 3.63) is 4.88 Å². The second-order valence-electron chi connectivity index (χ2n) is 5.57. The predicted octanol–water partition coefficient (Wildman–Crippen LogP) is 2.82. The summed E-state index contributed by atoms with van der Waals surface area (Å²) in [5.41, 5.74) is 11.7. The van der Waals surface area contributed by atoms with Crippen LogP contribution >= 0.6 is 11.3 Å². The molecule has 1 saturated carbocycles. The summed E-state index contributed by atoms with van der Waals surface area (Å²) < 4.78 is 5.75. The van der Waals surface area contributed by atoms with Gasteiger partial charge in [-0.2, -0.15) is 0 Å². The Bertz CT molecular complexity index is 499. The van der Waals surface area contributed by atoms with Gasteiger partial charge in [-0.1, -0.05) is 13.3 Å². The average molecular weight is 297 g/mol. The number of hydrogen-bond acceptors (Lipinski definition) is 5. The fourth-order valence-electron chi connectivity index (χ4n) is 2.34. The highest BCUT2D eigenvalue weighted by Gasteiger charge is 2.37. The van der Waals surface area contributed by atoms with Crippen molar-refractivity contribution in [2.24, 2.45) is 11.7 Å². The van der Waals surface area contributed by atoms with Gasteiger partial charge in [0, 0.05) is 6.04 Å². The number of thiophene rings is 1. The van der Waals surface area contributed by atoms with Crippen molar-refractivity contribution < 1.29 is 9.53 Å². The number of ether oxygens (including phenoxy) is 1. The highest BCUT2D eigenvalue weighted by Crippen LogP contribution is 2.46. The standard InChI is InChI=1S/C14H23N3O2S/c1-4-5-8-6-9(8)17-14-11(19-7(2)3)10(15)12(20-14)13(16)18/h7-9,17H,4-6,15H2,1-3H3,(H2,16,18). The summed E-state index contributed by atoms with van der Waals surface area (Å²) in [5.74, 6) is 0.781. The Balaban J connectivity index is 2.18. The molecule has 112 valence electrons. The largest absolute Gasteiger partial charge is 0.486 e. The highest BCUT2D eigenvalue weighted by molar-refractivity contribution is 7.19. The van der Waals surface area contributed by atoms with E-state index in [-0.39, 0.29) is 6.10 Å². The highest BCUT2D eigenvalue weighted by atomic mass is 32.1. The number of nitrogen functional groups attached to an aromatic ring is 1. The van der Waals surface area contributed by atoms with E-state index in [0.717, 1.165) is 5.00 Å². The average Bonchev–Trinajstić information content (AvgIpc) is 3.01. The number of nitrogens with two attached hydrogens (primary N) is 2. The number of carbonyl (C=O) groups excluding carboxylic acids is 1. The van der Waals surface area contributed by atoms with Gasteiger partial charge in [-0.25, -0.2) is 0 Å². The Morgan fingerprint density at radius 2 is 2.25 bits per heavy atom. The summed E-state index contributed by atoms with van der Waals surface area (Å²) >= 11 is 1.29. The van der Waals surface area contributed by atoms with Crippen LogP contribution in [0.1, 0.15) is 49.7 Å². The van der Waals surface area contributed by atoms with Crippen molar-refractivity contribution in [3.63, 3.8) is 0 Å². The first-order valence-electron chi connectivity index (χ1n) is 7.09. The lowest BCUT2D eigenvalue weighted by atomic mass is 10.2. The predicted molar refractivity (Wildman–Crippen MR) is 83.4 cm³/mol. The van der Waals surface area contributed by atoms with E-state index in [1.165, 1.54) is 30.6 Å².